The van der Waals surface area contributed by atoms with Gasteiger partial charge in [-0.25, -0.2) is 13.6 Å². The summed E-state index contributed by atoms with van der Waals surface area (Å²) in [6.45, 7) is 5.44. The van der Waals surface area contributed by atoms with Gasteiger partial charge in [0.2, 0.25) is 0 Å². The summed E-state index contributed by atoms with van der Waals surface area (Å²) in [6, 6.07) is 5.14. The summed E-state index contributed by atoms with van der Waals surface area (Å²) >= 11 is 1.48. The van der Waals surface area contributed by atoms with Crippen LogP contribution in [0.3, 0.4) is 0 Å². The number of piperidine rings is 1. The maximum Gasteiger partial charge on any atom is 0.321 e. The van der Waals surface area contributed by atoms with E-state index in [-0.39, 0.29) is 10.8 Å². The van der Waals surface area contributed by atoms with E-state index in [4.69, 9.17) is 0 Å². The van der Waals surface area contributed by atoms with E-state index in [1.54, 1.807) is 11.0 Å². The first kappa shape index (κ1) is 19.5. The lowest BCUT2D eigenvalue weighted by Gasteiger charge is -2.40. The van der Waals surface area contributed by atoms with Crippen molar-refractivity contribution in [3.63, 3.8) is 0 Å². The van der Waals surface area contributed by atoms with Crippen molar-refractivity contribution in [1.29, 1.82) is 0 Å². The molecule has 1 N–H and O–H groups in total. The maximum absolute atomic E-state index is 13.5. The quantitative estimate of drug-likeness (QED) is 0.775. The van der Waals surface area contributed by atoms with Crippen molar-refractivity contribution in [2.75, 3.05) is 18.4 Å². The number of likely N-dealkylation sites (tertiary alicyclic amines) is 1. The number of hydrogen-bond acceptors (Lipinski definition) is 4. The first-order valence-electron chi connectivity index (χ1n) is 8.81. The van der Waals surface area contributed by atoms with E-state index < -0.39 is 11.6 Å². The lowest BCUT2D eigenvalue weighted by Crippen LogP contribution is -2.44. The molecule has 0 spiro atoms. The van der Waals surface area contributed by atoms with Gasteiger partial charge in [0.05, 0.1) is 18.1 Å². The van der Waals surface area contributed by atoms with Gasteiger partial charge in [0.25, 0.3) is 0 Å². The number of aromatic nitrogens is 2. The van der Waals surface area contributed by atoms with Gasteiger partial charge in [-0.2, -0.15) is 10.2 Å². The van der Waals surface area contributed by atoms with Crippen molar-refractivity contribution < 1.29 is 13.6 Å². The second-order valence-corrected chi connectivity index (χ2v) is 8.86. The number of thioether (sulfide) groups is 1. The molecule has 2 amide bonds. The van der Waals surface area contributed by atoms with E-state index in [0.29, 0.717) is 29.6 Å². The standard InChI is InChI=1S/C19H22F2N4OS/c1-19(2,27-17-10-14(20)9-15(21)11-17)13-4-7-25(8-5-13)18(26)24-16-3-6-22-23-12-16/h3,6,9-13H,4-5,7-8H2,1-2H3,(H,22,24,26). The fraction of sp³-hybridized carbons (Fsp3) is 0.421. The monoisotopic (exact) mass is 392 g/mol. The van der Waals surface area contributed by atoms with Crippen LogP contribution in [0, 0.1) is 17.6 Å². The summed E-state index contributed by atoms with van der Waals surface area (Å²) < 4.78 is 26.7. The average molecular weight is 392 g/mol. The Balaban J connectivity index is 1.56. The Kier molecular flexibility index (Phi) is 5.94. The Labute approximate surface area is 161 Å². The van der Waals surface area contributed by atoms with Crippen LogP contribution in [0.1, 0.15) is 26.7 Å². The molecule has 1 aromatic carbocycles. The molecule has 0 saturated carbocycles. The zero-order chi connectivity index (χ0) is 19.4. The summed E-state index contributed by atoms with van der Waals surface area (Å²) in [7, 11) is 0. The molecule has 0 atom stereocenters. The molecule has 27 heavy (non-hydrogen) atoms. The summed E-state index contributed by atoms with van der Waals surface area (Å²) in [6.07, 6.45) is 4.69. The highest BCUT2D eigenvalue weighted by Crippen LogP contribution is 2.42. The SMILES string of the molecule is CC(C)(Sc1cc(F)cc(F)c1)C1CCN(C(=O)Nc2ccnnc2)CC1. The van der Waals surface area contributed by atoms with E-state index in [0.717, 1.165) is 18.9 Å². The van der Waals surface area contributed by atoms with Crippen molar-refractivity contribution in [3.05, 3.63) is 48.3 Å². The van der Waals surface area contributed by atoms with Crippen LogP contribution in [0.4, 0.5) is 19.3 Å². The minimum absolute atomic E-state index is 0.154. The van der Waals surface area contributed by atoms with Crippen LogP contribution >= 0.6 is 11.8 Å². The highest BCUT2D eigenvalue weighted by molar-refractivity contribution is 8.00. The maximum atomic E-state index is 13.5. The molecular weight excluding hydrogens is 370 g/mol. The third kappa shape index (κ3) is 5.15. The number of halogens is 2. The van der Waals surface area contributed by atoms with Crippen LogP contribution in [-0.2, 0) is 0 Å². The number of rotatable bonds is 4. The number of hydrogen-bond donors (Lipinski definition) is 1. The molecule has 3 rings (SSSR count). The van der Waals surface area contributed by atoms with Crippen LogP contribution in [-0.4, -0.2) is 39.0 Å². The predicted octanol–water partition coefficient (Wildman–Crippen LogP) is 4.57. The van der Waals surface area contributed by atoms with E-state index in [2.05, 4.69) is 29.4 Å². The largest absolute Gasteiger partial charge is 0.325 e. The number of nitrogens with one attached hydrogen (secondary N) is 1. The molecule has 1 fully saturated rings. The third-order valence-corrected chi connectivity index (χ3v) is 6.15. The highest BCUT2D eigenvalue weighted by atomic mass is 32.2. The number of anilines is 1. The van der Waals surface area contributed by atoms with Crippen LogP contribution in [0.2, 0.25) is 0 Å². The summed E-state index contributed by atoms with van der Waals surface area (Å²) in [5.41, 5.74) is 0.612. The van der Waals surface area contributed by atoms with Gasteiger partial charge < -0.3 is 10.2 Å². The Hall–Kier alpha value is -2.22. The van der Waals surface area contributed by atoms with E-state index in [1.165, 1.54) is 36.3 Å². The van der Waals surface area contributed by atoms with Gasteiger partial charge in [0, 0.05) is 28.8 Å². The Morgan fingerprint density at radius 2 is 1.85 bits per heavy atom. The number of carbonyl (C=O) groups is 1. The summed E-state index contributed by atoms with van der Waals surface area (Å²) in [5, 5.41) is 10.2. The number of urea groups is 1. The fourth-order valence-corrected chi connectivity index (χ4v) is 4.67. The summed E-state index contributed by atoms with van der Waals surface area (Å²) in [4.78, 5) is 14.7. The molecule has 0 aliphatic carbocycles. The molecule has 144 valence electrons. The minimum Gasteiger partial charge on any atom is -0.325 e. The molecule has 0 unspecified atom stereocenters. The summed E-state index contributed by atoms with van der Waals surface area (Å²) in [5.74, 6) is -0.795. The van der Waals surface area contributed by atoms with Gasteiger partial charge >= 0.3 is 6.03 Å². The number of carbonyl (C=O) groups excluding carboxylic acids is 1. The molecule has 1 aromatic heterocycles. The van der Waals surface area contributed by atoms with Gasteiger partial charge in [-0.05, 0) is 37.0 Å². The van der Waals surface area contributed by atoms with Crippen LogP contribution in [0.5, 0.6) is 0 Å². The molecule has 1 aliphatic heterocycles. The molecule has 0 bridgehead atoms. The van der Waals surface area contributed by atoms with Crippen LogP contribution in [0.15, 0.2) is 41.6 Å². The molecule has 2 heterocycles. The van der Waals surface area contributed by atoms with Crippen molar-refractivity contribution >= 4 is 23.5 Å². The zero-order valence-electron chi connectivity index (χ0n) is 15.3. The van der Waals surface area contributed by atoms with Gasteiger partial charge in [0.15, 0.2) is 0 Å². The van der Waals surface area contributed by atoms with Crippen molar-refractivity contribution in [2.45, 2.75) is 36.3 Å². The van der Waals surface area contributed by atoms with Gasteiger partial charge in [-0.3, -0.25) is 0 Å². The normalized spacial score (nSPS) is 15.6. The fourth-order valence-electron chi connectivity index (χ4n) is 3.32. The molecule has 0 radical (unpaired) electrons. The number of benzene rings is 1. The molecule has 1 aliphatic rings. The van der Waals surface area contributed by atoms with Crippen molar-refractivity contribution in [1.82, 2.24) is 15.1 Å². The Morgan fingerprint density at radius 1 is 1.19 bits per heavy atom. The van der Waals surface area contributed by atoms with Crippen LogP contribution in [0.25, 0.3) is 0 Å². The smallest absolute Gasteiger partial charge is 0.321 e. The molecule has 5 nitrogen and oxygen atoms in total. The van der Waals surface area contributed by atoms with E-state index >= 15 is 0 Å². The van der Waals surface area contributed by atoms with E-state index in [1.807, 2.05) is 0 Å². The Bertz CT molecular complexity index is 775. The lowest BCUT2D eigenvalue weighted by atomic mass is 9.86. The zero-order valence-corrected chi connectivity index (χ0v) is 16.1. The minimum atomic E-state index is -0.564. The molecular formula is C19H22F2N4OS. The predicted molar refractivity (Wildman–Crippen MR) is 102 cm³/mol. The number of nitrogens with zero attached hydrogens (tertiary/aromatic N) is 3. The first-order chi connectivity index (χ1) is 12.8. The molecule has 8 heteroatoms. The van der Waals surface area contributed by atoms with Crippen molar-refractivity contribution in [3.8, 4) is 0 Å². The molecule has 2 aromatic rings. The lowest BCUT2D eigenvalue weighted by molar-refractivity contribution is 0.173. The second-order valence-electron chi connectivity index (χ2n) is 7.13. The van der Waals surface area contributed by atoms with Crippen LogP contribution < -0.4 is 5.32 Å². The topological polar surface area (TPSA) is 58.1 Å². The number of amides is 2. The van der Waals surface area contributed by atoms with Crippen molar-refractivity contribution in [2.24, 2.45) is 5.92 Å². The third-order valence-electron chi connectivity index (χ3n) is 4.82. The second kappa shape index (κ2) is 8.21. The Morgan fingerprint density at radius 3 is 2.44 bits per heavy atom. The van der Waals surface area contributed by atoms with Gasteiger partial charge in [0.1, 0.15) is 11.6 Å². The van der Waals surface area contributed by atoms with Gasteiger partial charge in [-0.15, -0.1) is 11.8 Å². The van der Waals surface area contributed by atoms with E-state index in [9.17, 15) is 13.6 Å². The molecule has 1 saturated heterocycles. The van der Waals surface area contributed by atoms with Gasteiger partial charge in [-0.1, -0.05) is 13.8 Å². The highest BCUT2D eigenvalue weighted by Gasteiger charge is 2.34. The average Bonchev–Trinajstić information content (AvgIpc) is 2.61. The first-order valence-corrected chi connectivity index (χ1v) is 9.63.